The zero-order chi connectivity index (χ0) is 19.0. The van der Waals surface area contributed by atoms with Gasteiger partial charge in [-0.2, -0.15) is 9.52 Å². The van der Waals surface area contributed by atoms with Gasteiger partial charge in [-0.1, -0.05) is 24.3 Å². The second kappa shape index (κ2) is 6.62. The molecule has 0 fully saturated rings. The molecule has 0 amide bonds. The molecule has 0 aliphatic carbocycles. The molecule has 8 heteroatoms. The summed E-state index contributed by atoms with van der Waals surface area (Å²) >= 11 is 0. The number of rotatable bonds is 4. The number of hydrazone groups is 1. The van der Waals surface area contributed by atoms with Crippen LogP contribution in [0.25, 0.3) is 11.0 Å². The number of benzene rings is 2. The number of ether oxygens (including phenoxy) is 1. The van der Waals surface area contributed by atoms with Crippen LogP contribution in [0.5, 0.6) is 5.75 Å². The van der Waals surface area contributed by atoms with E-state index in [1.54, 1.807) is 13.3 Å². The highest BCUT2D eigenvalue weighted by atomic mass is 32.2. The van der Waals surface area contributed by atoms with Gasteiger partial charge < -0.3 is 4.74 Å². The third-order valence-corrected chi connectivity index (χ3v) is 5.44. The van der Waals surface area contributed by atoms with E-state index in [0.717, 1.165) is 27.3 Å². The average molecular weight is 382 g/mol. The summed E-state index contributed by atoms with van der Waals surface area (Å²) in [5, 5.41) is 4.38. The highest BCUT2D eigenvalue weighted by Gasteiger charge is 2.35. The molecule has 0 N–H and O–H groups in total. The van der Waals surface area contributed by atoms with Gasteiger partial charge in [0.2, 0.25) is 10.0 Å². The average Bonchev–Trinajstić information content (AvgIpc) is 3.14. The van der Waals surface area contributed by atoms with Crippen molar-refractivity contribution in [1.29, 1.82) is 0 Å². The smallest absolute Gasteiger partial charge is 0.247 e. The van der Waals surface area contributed by atoms with E-state index in [-0.39, 0.29) is 0 Å². The molecule has 138 valence electrons. The Bertz CT molecular complexity index is 1140. The van der Waals surface area contributed by atoms with Crippen LogP contribution in [0.3, 0.4) is 0 Å². The Labute approximate surface area is 157 Å². The van der Waals surface area contributed by atoms with Crippen LogP contribution in [0, 0.1) is 0 Å². The normalized spacial score (nSPS) is 17.2. The molecule has 1 aliphatic rings. The molecule has 7 nitrogen and oxygen atoms in total. The van der Waals surface area contributed by atoms with Gasteiger partial charge in [0, 0.05) is 12.0 Å². The molecule has 3 aromatic rings. The first-order valence-electron chi connectivity index (χ1n) is 8.39. The first-order chi connectivity index (χ1) is 13.0. The van der Waals surface area contributed by atoms with Gasteiger partial charge in [-0.05, 0) is 24.3 Å². The first kappa shape index (κ1) is 17.4. The lowest BCUT2D eigenvalue weighted by atomic mass is 10.0. The number of aromatic nitrogens is 2. The Morgan fingerprint density at radius 3 is 2.63 bits per heavy atom. The lowest BCUT2D eigenvalue weighted by molar-refractivity contribution is 0.368. The summed E-state index contributed by atoms with van der Waals surface area (Å²) in [7, 11) is -1.97. The number of methoxy groups -OCH3 is 1. The summed E-state index contributed by atoms with van der Waals surface area (Å²) in [6.07, 6.45) is 3.18. The van der Waals surface area contributed by atoms with Crippen molar-refractivity contribution in [2.24, 2.45) is 5.10 Å². The number of sulfonamides is 1. The molecule has 0 saturated carbocycles. The van der Waals surface area contributed by atoms with E-state index in [0.29, 0.717) is 23.6 Å². The molecule has 0 spiro atoms. The molecular weight excluding hydrogens is 364 g/mol. The Kier molecular flexibility index (Phi) is 4.27. The topological polar surface area (TPSA) is 84.8 Å². The van der Waals surface area contributed by atoms with Crippen LogP contribution in [0.2, 0.25) is 0 Å². The van der Waals surface area contributed by atoms with Crippen LogP contribution < -0.4 is 4.74 Å². The SMILES string of the molecule is COc1cccc(C2=NN(S(C)(=O)=O)[C@@H](c3cnc4ccccc4n3)C2)c1. The predicted molar refractivity (Wildman–Crippen MR) is 103 cm³/mol. The molecule has 27 heavy (non-hydrogen) atoms. The third-order valence-electron chi connectivity index (χ3n) is 4.42. The molecule has 1 aliphatic heterocycles. The number of hydrogen-bond acceptors (Lipinski definition) is 6. The van der Waals surface area contributed by atoms with Gasteiger partial charge >= 0.3 is 0 Å². The number of fused-ring (bicyclic) bond motifs is 1. The van der Waals surface area contributed by atoms with Gasteiger partial charge in [0.05, 0.1) is 42.0 Å². The second-order valence-electron chi connectivity index (χ2n) is 6.32. The maximum atomic E-state index is 12.3. The summed E-state index contributed by atoms with van der Waals surface area (Å²) in [5.74, 6) is 0.690. The Hall–Kier alpha value is -3.00. The molecule has 0 saturated heterocycles. The van der Waals surface area contributed by atoms with Crippen LogP contribution >= 0.6 is 0 Å². The molecule has 2 aromatic carbocycles. The van der Waals surface area contributed by atoms with Crippen molar-refractivity contribution in [2.75, 3.05) is 13.4 Å². The van der Waals surface area contributed by atoms with Gasteiger partial charge in [0.15, 0.2) is 0 Å². The minimum Gasteiger partial charge on any atom is -0.497 e. The second-order valence-corrected chi connectivity index (χ2v) is 8.16. The standard InChI is InChI=1S/C19H18N4O3S/c1-26-14-7-5-6-13(10-14)17-11-19(23(22-17)27(2,24)25)18-12-20-15-8-3-4-9-16(15)21-18/h3-10,12,19H,11H2,1-2H3/t19-/m1/s1. The van der Waals surface area contributed by atoms with Crippen molar-refractivity contribution in [3.8, 4) is 5.75 Å². The van der Waals surface area contributed by atoms with Gasteiger partial charge in [-0.15, -0.1) is 0 Å². The minimum absolute atomic E-state index is 0.410. The van der Waals surface area contributed by atoms with E-state index in [1.165, 1.54) is 0 Å². The number of hydrogen-bond donors (Lipinski definition) is 0. The maximum Gasteiger partial charge on any atom is 0.247 e. The molecule has 4 rings (SSSR count). The molecule has 2 heterocycles. The minimum atomic E-state index is -3.56. The van der Waals surface area contributed by atoms with Gasteiger partial charge in [0.1, 0.15) is 11.8 Å². The highest BCUT2D eigenvalue weighted by Crippen LogP contribution is 2.34. The van der Waals surface area contributed by atoms with E-state index in [1.807, 2.05) is 48.5 Å². The van der Waals surface area contributed by atoms with E-state index in [2.05, 4.69) is 15.1 Å². The molecule has 0 bridgehead atoms. The Balaban J connectivity index is 1.76. The van der Waals surface area contributed by atoms with Crippen molar-refractivity contribution in [3.05, 3.63) is 66.0 Å². The maximum absolute atomic E-state index is 12.3. The van der Waals surface area contributed by atoms with Crippen LogP contribution in [-0.2, 0) is 10.0 Å². The monoisotopic (exact) mass is 382 g/mol. The fourth-order valence-corrected chi connectivity index (χ4v) is 4.02. The van der Waals surface area contributed by atoms with Crippen molar-refractivity contribution in [2.45, 2.75) is 12.5 Å². The highest BCUT2D eigenvalue weighted by molar-refractivity contribution is 7.88. The van der Waals surface area contributed by atoms with Gasteiger partial charge in [0.25, 0.3) is 0 Å². The van der Waals surface area contributed by atoms with E-state index in [4.69, 9.17) is 4.74 Å². The summed E-state index contributed by atoms with van der Waals surface area (Å²) in [6, 6.07) is 14.4. The van der Waals surface area contributed by atoms with Crippen LogP contribution in [0.15, 0.2) is 59.8 Å². The van der Waals surface area contributed by atoms with Crippen molar-refractivity contribution < 1.29 is 13.2 Å². The molecule has 1 atom stereocenters. The fourth-order valence-electron chi connectivity index (χ4n) is 3.12. The number of para-hydroxylation sites is 2. The fraction of sp³-hybridized carbons (Fsp3) is 0.211. The van der Waals surface area contributed by atoms with Gasteiger partial charge in [-0.3, -0.25) is 4.98 Å². The Morgan fingerprint density at radius 1 is 1.11 bits per heavy atom. The summed E-state index contributed by atoms with van der Waals surface area (Å²) in [6.45, 7) is 0. The third kappa shape index (κ3) is 3.35. The predicted octanol–water partition coefficient (Wildman–Crippen LogP) is 2.75. The quantitative estimate of drug-likeness (QED) is 0.693. The summed E-state index contributed by atoms with van der Waals surface area (Å²) < 4.78 is 31.0. The van der Waals surface area contributed by atoms with E-state index < -0.39 is 16.1 Å². The Morgan fingerprint density at radius 2 is 1.89 bits per heavy atom. The van der Waals surface area contributed by atoms with Crippen molar-refractivity contribution in [1.82, 2.24) is 14.4 Å². The zero-order valence-electron chi connectivity index (χ0n) is 14.9. The zero-order valence-corrected chi connectivity index (χ0v) is 15.7. The van der Waals surface area contributed by atoms with Crippen LogP contribution in [-0.4, -0.2) is 41.9 Å². The molecule has 0 unspecified atom stereocenters. The summed E-state index contributed by atoms with van der Waals surface area (Å²) in [4.78, 5) is 9.03. The van der Waals surface area contributed by atoms with Crippen LogP contribution in [0.4, 0.5) is 0 Å². The lowest BCUT2D eigenvalue weighted by Gasteiger charge is -2.20. The number of nitrogens with zero attached hydrogens (tertiary/aromatic N) is 4. The van der Waals surface area contributed by atoms with Crippen molar-refractivity contribution in [3.63, 3.8) is 0 Å². The van der Waals surface area contributed by atoms with Gasteiger partial charge in [-0.25, -0.2) is 13.4 Å². The molecular formula is C19H18N4O3S. The van der Waals surface area contributed by atoms with Crippen molar-refractivity contribution >= 4 is 26.8 Å². The van der Waals surface area contributed by atoms with E-state index in [9.17, 15) is 8.42 Å². The lowest BCUT2D eigenvalue weighted by Crippen LogP contribution is -2.26. The largest absolute Gasteiger partial charge is 0.497 e. The summed E-state index contributed by atoms with van der Waals surface area (Å²) in [5.41, 5.74) is 3.54. The molecule has 0 radical (unpaired) electrons. The van der Waals surface area contributed by atoms with E-state index >= 15 is 0 Å². The van der Waals surface area contributed by atoms with Crippen LogP contribution in [0.1, 0.15) is 23.7 Å². The first-order valence-corrected chi connectivity index (χ1v) is 10.2. The molecule has 1 aromatic heterocycles.